The van der Waals surface area contributed by atoms with Gasteiger partial charge in [0.2, 0.25) is 5.91 Å². The van der Waals surface area contributed by atoms with Crippen molar-refractivity contribution in [2.75, 3.05) is 0 Å². The predicted octanol–water partition coefficient (Wildman–Crippen LogP) is 2.00. The molecule has 1 amide bonds. The summed E-state index contributed by atoms with van der Waals surface area (Å²) in [4.78, 5) is 11.0. The zero-order valence-corrected chi connectivity index (χ0v) is 12.5. The van der Waals surface area contributed by atoms with Crippen molar-refractivity contribution in [2.24, 2.45) is 11.1 Å². The molecule has 1 aliphatic rings. The second kappa shape index (κ2) is 6.05. The maximum absolute atomic E-state index is 11.1. The Bertz CT molecular complexity index is 700. The van der Waals surface area contributed by atoms with Crippen LogP contribution in [0.25, 0.3) is 0 Å². The minimum Gasteiger partial charge on any atom is -0.372 e. The Kier molecular flexibility index (Phi) is 4.35. The summed E-state index contributed by atoms with van der Waals surface area (Å²) in [5.41, 5.74) is 3.85. The van der Waals surface area contributed by atoms with E-state index in [1.54, 1.807) is 24.3 Å². The smallest absolute Gasteiger partial charge is 0.242 e. The van der Waals surface area contributed by atoms with Gasteiger partial charge in [-0.05, 0) is 24.8 Å². The average Bonchev–Trinajstić information content (AvgIpc) is 3.33. The summed E-state index contributed by atoms with van der Waals surface area (Å²) in [7, 11) is 0. The molecule has 0 radical (unpaired) electrons. The zero-order chi connectivity index (χ0) is 16.2. The van der Waals surface area contributed by atoms with Crippen molar-refractivity contribution in [1.29, 1.82) is 5.26 Å². The van der Waals surface area contributed by atoms with Crippen molar-refractivity contribution >= 4 is 5.91 Å². The SMILES string of the molecule is CC/C(C#C[C@@](O)(c1ccccc1)C1(C#N)CC1)=C/C(N)=O. The summed E-state index contributed by atoms with van der Waals surface area (Å²) < 4.78 is 0. The lowest BCUT2D eigenvalue weighted by Gasteiger charge is -2.27. The molecular weight excluding hydrogens is 276 g/mol. The molecular formula is C18H18N2O2. The Balaban J connectivity index is 2.49. The fourth-order valence-electron chi connectivity index (χ4n) is 2.40. The first-order valence-electron chi connectivity index (χ1n) is 7.20. The van der Waals surface area contributed by atoms with E-state index < -0.39 is 16.9 Å². The average molecular weight is 294 g/mol. The van der Waals surface area contributed by atoms with Gasteiger partial charge in [0.25, 0.3) is 0 Å². The van der Waals surface area contributed by atoms with Gasteiger partial charge in [-0.15, -0.1) is 0 Å². The number of allylic oxidation sites excluding steroid dienone is 1. The molecule has 3 N–H and O–H groups in total. The Labute approximate surface area is 130 Å². The molecule has 0 heterocycles. The Morgan fingerprint density at radius 1 is 1.45 bits per heavy atom. The zero-order valence-electron chi connectivity index (χ0n) is 12.5. The topological polar surface area (TPSA) is 87.1 Å². The summed E-state index contributed by atoms with van der Waals surface area (Å²) in [5, 5.41) is 20.6. The highest BCUT2D eigenvalue weighted by atomic mass is 16.3. The van der Waals surface area contributed by atoms with Crippen LogP contribution in [0, 0.1) is 28.6 Å². The Morgan fingerprint density at radius 2 is 2.09 bits per heavy atom. The number of nitrogens with zero attached hydrogens (tertiary/aromatic N) is 1. The Morgan fingerprint density at radius 3 is 2.55 bits per heavy atom. The minimum absolute atomic E-state index is 0.528. The molecule has 0 bridgehead atoms. The molecule has 0 spiro atoms. The van der Waals surface area contributed by atoms with Gasteiger partial charge in [0.1, 0.15) is 5.41 Å². The van der Waals surface area contributed by atoms with E-state index in [1.807, 2.05) is 13.0 Å². The molecule has 0 aliphatic heterocycles. The lowest BCUT2D eigenvalue weighted by atomic mass is 9.79. The molecule has 4 heteroatoms. The van der Waals surface area contributed by atoms with Crippen molar-refractivity contribution in [1.82, 2.24) is 0 Å². The number of hydrogen-bond acceptors (Lipinski definition) is 3. The maximum Gasteiger partial charge on any atom is 0.242 e. The van der Waals surface area contributed by atoms with E-state index in [1.165, 1.54) is 6.08 Å². The van der Waals surface area contributed by atoms with E-state index in [9.17, 15) is 15.2 Å². The van der Waals surface area contributed by atoms with Crippen LogP contribution in [0.3, 0.4) is 0 Å². The van der Waals surface area contributed by atoms with Crippen LogP contribution in [0.2, 0.25) is 0 Å². The third-order valence-electron chi connectivity index (χ3n) is 3.95. The number of rotatable bonds is 4. The maximum atomic E-state index is 11.1. The second-order valence-electron chi connectivity index (χ2n) is 5.45. The first-order chi connectivity index (χ1) is 10.5. The molecule has 1 aromatic carbocycles. The molecule has 2 rings (SSSR count). The fourth-order valence-corrected chi connectivity index (χ4v) is 2.40. The molecule has 1 saturated carbocycles. The molecule has 1 aromatic rings. The van der Waals surface area contributed by atoms with Crippen molar-refractivity contribution in [3.63, 3.8) is 0 Å². The van der Waals surface area contributed by atoms with Crippen molar-refractivity contribution < 1.29 is 9.90 Å². The number of carbonyl (C=O) groups is 1. The Hall–Kier alpha value is -2.56. The van der Waals surface area contributed by atoms with Crippen LogP contribution in [0.1, 0.15) is 31.7 Å². The van der Waals surface area contributed by atoms with Gasteiger partial charge in [-0.25, -0.2) is 0 Å². The monoisotopic (exact) mass is 294 g/mol. The molecule has 22 heavy (non-hydrogen) atoms. The lowest BCUT2D eigenvalue weighted by molar-refractivity contribution is -0.113. The number of aliphatic hydroxyl groups is 1. The number of primary amides is 1. The van der Waals surface area contributed by atoms with Crippen molar-refractivity contribution in [3.05, 3.63) is 47.5 Å². The van der Waals surface area contributed by atoms with Crippen molar-refractivity contribution in [3.8, 4) is 17.9 Å². The van der Waals surface area contributed by atoms with Crippen LogP contribution in [0.5, 0.6) is 0 Å². The van der Waals surface area contributed by atoms with E-state index in [0.717, 1.165) is 0 Å². The van der Waals surface area contributed by atoms with Gasteiger partial charge in [0.15, 0.2) is 5.60 Å². The van der Waals surface area contributed by atoms with Crippen LogP contribution < -0.4 is 5.73 Å². The highest BCUT2D eigenvalue weighted by Crippen LogP contribution is 2.57. The molecule has 1 atom stereocenters. The first kappa shape index (κ1) is 15.8. The quantitative estimate of drug-likeness (QED) is 0.657. The second-order valence-corrected chi connectivity index (χ2v) is 5.45. The normalized spacial score (nSPS) is 18.3. The van der Waals surface area contributed by atoms with Gasteiger partial charge in [-0.1, -0.05) is 49.1 Å². The van der Waals surface area contributed by atoms with Gasteiger partial charge in [-0.3, -0.25) is 4.79 Å². The molecule has 1 aliphatic carbocycles. The van der Waals surface area contributed by atoms with Crippen LogP contribution >= 0.6 is 0 Å². The summed E-state index contributed by atoms with van der Waals surface area (Å²) in [5.74, 6) is 5.09. The number of amides is 1. The lowest BCUT2D eigenvalue weighted by Crippen LogP contribution is -2.34. The van der Waals surface area contributed by atoms with E-state index in [2.05, 4.69) is 17.9 Å². The van der Waals surface area contributed by atoms with Crippen molar-refractivity contribution in [2.45, 2.75) is 31.8 Å². The fraction of sp³-hybridized carbons (Fsp3) is 0.333. The van der Waals surface area contributed by atoms with Gasteiger partial charge >= 0.3 is 0 Å². The summed E-state index contributed by atoms with van der Waals surface area (Å²) in [6.45, 7) is 1.85. The minimum atomic E-state index is -1.55. The molecule has 0 aromatic heterocycles. The third kappa shape index (κ3) is 2.88. The number of hydrogen-bond donors (Lipinski definition) is 2. The highest BCUT2D eigenvalue weighted by Gasteiger charge is 2.60. The third-order valence-corrected chi connectivity index (χ3v) is 3.95. The van der Waals surface area contributed by atoms with E-state index in [0.29, 0.717) is 30.4 Å². The van der Waals surface area contributed by atoms with Crippen LogP contribution in [-0.2, 0) is 10.4 Å². The molecule has 4 nitrogen and oxygen atoms in total. The van der Waals surface area contributed by atoms with E-state index in [-0.39, 0.29) is 0 Å². The summed E-state index contributed by atoms with van der Waals surface area (Å²) in [6.07, 6.45) is 2.99. The number of benzene rings is 1. The summed E-state index contributed by atoms with van der Waals surface area (Å²) in [6, 6.07) is 11.2. The van der Waals surface area contributed by atoms with E-state index >= 15 is 0 Å². The van der Waals surface area contributed by atoms with Gasteiger partial charge in [0, 0.05) is 11.6 Å². The number of nitrogens with two attached hydrogens (primary N) is 1. The molecule has 0 unspecified atom stereocenters. The van der Waals surface area contributed by atoms with Crippen LogP contribution in [0.15, 0.2) is 42.0 Å². The van der Waals surface area contributed by atoms with Crippen LogP contribution in [-0.4, -0.2) is 11.0 Å². The molecule has 1 fully saturated rings. The first-order valence-corrected chi connectivity index (χ1v) is 7.20. The van der Waals surface area contributed by atoms with Gasteiger partial charge in [0.05, 0.1) is 6.07 Å². The number of carbonyl (C=O) groups excluding carboxylic acids is 1. The molecule has 112 valence electrons. The predicted molar refractivity (Wildman–Crippen MR) is 83.0 cm³/mol. The van der Waals surface area contributed by atoms with Crippen LogP contribution in [0.4, 0.5) is 0 Å². The standard InChI is InChI=1S/C18H18N2O2/c1-2-14(12-16(20)21)8-9-18(22,17(13-19)10-11-17)15-6-4-3-5-7-15/h3-7,12,22H,2,10-11H2,1H3,(H2,20,21)/b14-12-/t18-/m1/s1. The summed E-state index contributed by atoms with van der Waals surface area (Å²) >= 11 is 0. The van der Waals surface area contributed by atoms with Gasteiger partial charge < -0.3 is 10.8 Å². The molecule has 0 saturated heterocycles. The largest absolute Gasteiger partial charge is 0.372 e. The van der Waals surface area contributed by atoms with Gasteiger partial charge in [-0.2, -0.15) is 5.26 Å². The highest BCUT2D eigenvalue weighted by molar-refractivity contribution is 5.87. The van der Waals surface area contributed by atoms with E-state index in [4.69, 9.17) is 5.73 Å². The number of nitriles is 1.